The number of halogens is 1. The Morgan fingerprint density at radius 3 is 2.76 bits per heavy atom. The van der Waals surface area contributed by atoms with Crippen LogP contribution < -0.4 is 15.5 Å². The van der Waals surface area contributed by atoms with E-state index in [0.717, 1.165) is 24.3 Å². The molecule has 1 aliphatic rings. The minimum Gasteiger partial charge on any atom is -0.355 e. The number of anilines is 1. The highest BCUT2D eigenvalue weighted by molar-refractivity contribution is 6.33. The van der Waals surface area contributed by atoms with Crippen molar-refractivity contribution in [1.82, 2.24) is 10.6 Å². The van der Waals surface area contributed by atoms with Crippen LogP contribution in [0.4, 0.5) is 5.69 Å². The molecule has 2 N–H and O–H groups in total. The zero-order valence-corrected chi connectivity index (χ0v) is 13.9. The minimum absolute atomic E-state index is 0.0374. The average Bonchev–Trinajstić information content (AvgIpc) is 2.40. The van der Waals surface area contributed by atoms with Crippen molar-refractivity contribution in [2.75, 3.05) is 18.0 Å². The predicted octanol–water partition coefficient (Wildman–Crippen LogP) is 2.55. The summed E-state index contributed by atoms with van der Waals surface area (Å²) in [4.78, 5) is 14.1. The van der Waals surface area contributed by atoms with Crippen LogP contribution in [0, 0.1) is 0 Å². The van der Waals surface area contributed by atoms with E-state index in [-0.39, 0.29) is 5.91 Å². The summed E-state index contributed by atoms with van der Waals surface area (Å²) in [5.41, 5.74) is 1.49. The van der Waals surface area contributed by atoms with Crippen LogP contribution in [0.25, 0.3) is 0 Å². The van der Waals surface area contributed by atoms with E-state index in [2.05, 4.69) is 35.4 Å². The van der Waals surface area contributed by atoms with Crippen LogP contribution >= 0.6 is 11.6 Å². The molecule has 1 heterocycles. The summed E-state index contributed by atoms with van der Waals surface area (Å²) < 4.78 is 0. The summed E-state index contributed by atoms with van der Waals surface area (Å²) in [6.07, 6.45) is 0. The fourth-order valence-corrected chi connectivity index (χ4v) is 2.83. The Hall–Kier alpha value is -1.26. The third-order valence-corrected chi connectivity index (χ3v) is 4.17. The Bertz CT molecular complexity index is 528. The monoisotopic (exact) mass is 309 g/mol. The molecular formula is C16H24ClN3O. The Labute approximate surface area is 131 Å². The molecule has 1 aromatic rings. The van der Waals surface area contributed by atoms with E-state index in [1.54, 1.807) is 0 Å². The number of nitrogens with one attached hydrogen (secondary N) is 2. The molecule has 1 aromatic carbocycles. The van der Waals surface area contributed by atoms with Gasteiger partial charge >= 0.3 is 0 Å². The fraction of sp³-hybridized carbons (Fsp3) is 0.562. The zero-order chi connectivity index (χ0) is 15.6. The highest BCUT2D eigenvalue weighted by Crippen LogP contribution is 2.33. The lowest BCUT2D eigenvalue weighted by molar-refractivity contribution is -0.126. The molecule has 0 bridgehead atoms. The van der Waals surface area contributed by atoms with Gasteiger partial charge < -0.3 is 15.5 Å². The molecule has 0 spiro atoms. The van der Waals surface area contributed by atoms with Crippen molar-refractivity contribution in [1.29, 1.82) is 0 Å². The van der Waals surface area contributed by atoms with E-state index < -0.39 is 5.54 Å². The van der Waals surface area contributed by atoms with E-state index >= 15 is 0 Å². The molecule has 1 amide bonds. The summed E-state index contributed by atoms with van der Waals surface area (Å²) in [5, 5.41) is 6.97. The maximum atomic E-state index is 12.0. The number of nitrogens with zero attached hydrogens (tertiary/aromatic N) is 1. The predicted molar refractivity (Wildman–Crippen MR) is 87.9 cm³/mol. The normalized spacial score (nSPS) is 18.0. The molecule has 21 heavy (non-hydrogen) atoms. The molecule has 4 nitrogen and oxygen atoms in total. The van der Waals surface area contributed by atoms with Crippen LogP contribution in [-0.4, -0.2) is 30.6 Å². The molecular weight excluding hydrogens is 286 g/mol. The molecule has 1 saturated heterocycles. The van der Waals surface area contributed by atoms with Crippen molar-refractivity contribution in [3.8, 4) is 0 Å². The lowest BCUT2D eigenvalue weighted by Gasteiger charge is -2.43. The van der Waals surface area contributed by atoms with Crippen molar-refractivity contribution in [2.45, 2.75) is 45.8 Å². The van der Waals surface area contributed by atoms with E-state index in [4.69, 9.17) is 11.6 Å². The molecule has 0 aromatic heterocycles. The maximum Gasteiger partial charge on any atom is 0.245 e. The molecule has 1 fully saturated rings. The van der Waals surface area contributed by atoms with Crippen molar-refractivity contribution in [3.05, 3.63) is 28.8 Å². The van der Waals surface area contributed by atoms with Gasteiger partial charge in [-0.1, -0.05) is 31.5 Å². The molecule has 5 heteroatoms. The van der Waals surface area contributed by atoms with Gasteiger partial charge in [-0.05, 0) is 31.5 Å². The summed E-state index contributed by atoms with van der Waals surface area (Å²) >= 11 is 6.45. The summed E-state index contributed by atoms with van der Waals surface area (Å²) in [6, 6.07) is 6.50. The largest absolute Gasteiger partial charge is 0.355 e. The third-order valence-electron chi connectivity index (χ3n) is 3.87. The fourth-order valence-electron chi connectivity index (χ4n) is 2.52. The van der Waals surface area contributed by atoms with E-state index in [0.29, 0.717) is 17.6 Å². The lowest BCUT2D eigenvalue weighted by Crippen LogP contribution is -2.62. The number of carbonyl (C=O) groups is 1. The van der Waals surface area contributed by atoms with Crippen LogP contribution in [0.2, 0.25) is 5.02 Å². The number of amides is 1. The van der Waals surface area contributed by atoms with Gasteiger partial charge in [0.25, 0.3) is 0 Å². The van der Waals surface area contributed by atoms with E-state index in [1.165, 1.54) is 0 Å². The van der Waals surface area contributed by atoms with E-state index in [1.807, 2.05) is 26.0 Å². The van der Waals surface area contributed by atoms with Crippen molar-refractivity contribution in [3.63, 3.8) is 0 Å². The Morgan fingerprint density at radius 1 is 1.43 bits per heavy atom. The number of benzene rings is 1. The van der Waals surface area contributed by atoms with Crippen LogP contribution in [0.1, 0.15) is 33.3 Å². The quantitative estimate of drug-likeness (QED) is 0.898. The number of carbonyl (C=O) groups excluding carboxylic acids is 1. The standard InChI is InChI=1S/C16H24ClN3O/c1-11(2)19-10-12-5-6-14(13(17)9-12)20-8-7-18-15(21)16(20,3)4/h5-6,9,11,19H,7-8,10H2,1-4H3,(H,18,21). The van der Waals surface area contributed by atoms with Gasteiger partial charge in [-0.15, -0.1) is 0 Å². The number of hydrogen-bond donors (Lipinski definition) is 2. The first kappa shape index (κ1) is 16.1. The molecule has 116 valence electrons. The van der Waals surface area contributed by atoms with Gasteiger partial charge in [0.15, 0.2) is 0 Å². The molecule has 2 rings (SSSR count). The smallest absolute Gasteiger partial charge is 0.245 e. The Balaban J connectivity index is 2.22. The molecule has 0 radical (unpaired) electrons. The highest BCUT2D eigenvalue weighted by Gasteiger charge is 2.38. The first-order valence-corrected chi connectivity index (χ1v) is 7.78. The van der Waals surface area contributed by atoms with Gasteiger partial charge in [0.05, 0.1) is 10.7 Å². The Kier molecular flexibility index (Phi) is 4.79. The highest BCUT2D eigenvalue weighted by atomic mass is 35.5. The van der Waals surface area contributed by atoms with Crippen molar-refractivity contribution < 1.29 is 4.79 Å². The number of hydrogen-bond acceptors (Lipinski definition) is 3. The van der Waals surface area contributed by atoms with E-state index in [9.17, 15) is 4.79 Å². The number of piperazine rings is 1. The third kappa shape index (κ3) is 3.50. The molecule has 0 atom stereocenters. The second-order valence-electron chi connectivity index (χ2n) is 6.29. The van der Waals surface area contributed by atoms with Crippen LogP contribution in [0.15, 0.2) is 18.2 Å². The second kappa shape index (κ2) is 6.24. The van der Waals surface area contributed by atoms with Crippen molar-refractivity contribution >= 4 is 23.2 Å². The second-order valence-corrected chi connectivity index (χ2v) is 6.70. The average molecular weight is 310 g/mol. The van der Waals surface area contributed by atoms with Gasteiger partial charge in [0, 0.05) is 25.7 Å². The lowest BCUT2D eigenvalue weighted by atomic mass is 9.97. The molecule has 0 aliphatic carbocycles. The van der Waals surface area contributed by atoms with Gasteiger partial charge in [0.1, 0.15) is 5.54 Å². The SMILES string of the molecule is CC(C)NCc1ccc(N2CCNC(=O)C2(C)C)c(Cl)c1. The summed E-state index contributed by atoms with van der Waals surface area (Å²) in [6.45, 7) is 10.3. The summed E-state index contributed by atoms with van der Waals surface area (Å²) in [7, 11) is 0. The van der Waals surface area contributed by atoms with Gasteiger partial charge in [-0.2, -0.15) is 0 Å². The first-order valence-electron chi connectivity index (χ1n) is 7.40. The number of rotatable bonds is 4. The zero-order valence-electron chi connectivity index (χ0n) is 13.2. The molecule has 0 saturated carbocycles. The van der Waals surface area contributed by atoms with Crippen LogP contribution in [-0.2, 0) is 11.3 Å². The van der Waals surface area contributed by atoms with Crippen molar-refractivity contribution in [2.24, 2.45) is 0 Å². The topological polar surface area (TPSA) is 44.4 Å². The maximum absolute atomic E-state index is 12.0. The summed E-state index contributed by atoms with van der Waals surface area (Å²) in [5.74, 6) is 0.0374. The van der Waals surface area contributed by atoms with Gasteiger partial charge in [0.2, 0.25) is 5.91 Å². The molecule has 1 aliphatic heterocycles. The first-order chi connectivity index (χ1) is 9.82. The minimum atomic E-state index is -0.584. The van der Waals surface area contributed by atoms with Gasteiger partial charge in [-0.25, -0.2) is 0 Å². The van der Waals surface area contributed by atoms with Crippen LogP contribution in [0.5, 0.6) is 0 Å². The molecule has 0 unspecified atom stereocenters. The van der Waals surface area contributed by atoms with Gasteiger partial charge in [-0.3, -0.25) is 4.79 Å². The Morgan fingerprint density at radius 2 is 2.14 bits per heavy atom. The van der Waals surface area contributed by atoms with Crippen LogP contribution in [0.3, 0.4) is 0 Å².